The number of aryl methyl sites for hydroxylation is 1. The topological polar surface area (TPSA) is 21.3 Å². The van der Waals surface area contributed by atoms with E-state index in [1.54, 1.807) is 12.7 Å². The van der Waals surface area contributed by atoms with Crippen LogP contribution >= 0.6 is 0 Å². The van der Waals surface area contributed by atoms with Gasteiger partial charge in [0.2, 0.25) is 0 Å². The Morgan fingerprint density at radius 1 is 1.24 bits per heavy atom. The van der Waals surface area contributed by atoms with Crippen LogP contribution in [0.1, 0.15) is 57.1 Å². The van der Waals surface area contributed by atoms with Gasteiger partial charge in [-0.3, -0.25) is 0 Å². The summed E-state index contributed by atoms with van der Waals surface area (Å²) in [6, 6.07) is 7.46. The number of hydrogen-bond acceptors (Lipinski definition) is 2. The second-order valence-electron chi connectivity index (χ2n) is 6.72. The molecule has 0 aliphatic heterocycles. The van der Waals surface area contributed by atoms with Gasteiger partial charge in [0.05, 0.1) is 7.11 Å². The Kier molecular flexibility index (Phi) is 4.00. The summed E-state index contributed by atoms with van der Waals surface area (Å²) >= 11 is 0. The standard InChI is InChI=1S/C19H29NO/c1-5-19(6-2)17-15-11-9-14(21-4)12-13(15)8-10-16(17)18(19)20-7-3/h9,11-12,16-18,20H,5-8,10H2,1-4H3. The second kappa shape index (κ2) is 5.64. The maximum Gasteiger partial charge on any atom is 0.119 e. The molecule has 3 rings (SSSR count). The minimum atomic E-state index is 0.449. The molecule has 0 spiro atoms. The number of rotatable bonds is 5. The molecular weight excluding hydrogens is 258 g/mol. The molecule has 0 saturated heterocycles. The van der Waals surface area contributed by atoms with Crippen LogP contribution in [0.15, 0.2) is 18.2 Å². The number of hydrogen-bond donors (Lipinski definition) is 1. The van der Waals surface area contributed by atoms with E-state index in [4.69, 9.17) is 4.74 Å². The fourth-order valence-electron chi connectivity index (χ4n) is 5.25. The van der Waals surface area contributed by atoms with Gasteiger partial charge in [-0.05, 0) is 72.7 Å². The fraction of sp³-hybridized carbons (Fsp3) is 0.684. The summed E-state index contributed by atoms with van der Waals surface area (Å²) in [5, 5.41) is 3.80. The lowest BCUT2D eigenvalue weighted by molar-refractivity contribution is -0.0573. The third kappa shape index (κ3) is 2.03. The van der Waals surface area contributed by atoms with Crippen LogP contribution in [-0.2, 0) is 6.42 Å². The minimum Gasteiger partial charge on any atom is -0.497 e. The summed E-state index contributed by atoms with van der Waals surface area (Å²) in [4.78, 5) is 0. The van der Waals surface area contributed by atoms with E-state index in [2.05, 4.69) is 44.3 Å². The SMILES string of the molecule is CCNC1C2CCc3cc(OC)ccc3C2C1(CC)CC. The van der Waals surface area contributed by atoms with Crippen LogP contribution in [0.3, 0.4) is 0 Å². The van der Waals surface area contributed by atoms with Gasteiger partial charge < -0.3 is 10.1 Å². The first-order valence-electron chi connectivity index (χ1n) is 8.62. The lowest BCUT2D eigenvalue weighted by atomic mass is 9.43. The summed E-state index contributed by atoms with van der Waals surface area (Å²) in [6.45, 7) is 8.08. The van der Waals surface area contributed by atoms with E-state index >= 15 is 0 Å². The zero-order valence-electron chi connectivity index (χ0n) is 13.9. The predicted molar refractivity (Wildman–Crippen MR) is 88.0 cm³/mol. The first-order chi connectivity index (χ1) is 10.2. The molecule has 0 heterocycles. The van der Waals surface area contributed by atoms with E-state index in [0.717, 1.165) is 24.1 Å². The monoisotopic (exact) mass is 287 g/mol. The molecule has 0 amide bonds. The number of methoxy groups -OCH3 is 1. The van der Waals surface area contributed by atoms with Gasteiger partial charge in [0, 0.05) is 6.04 Å². The Bertz CT molecular complexity index is 506. The molecule has 1 aromatic rings. The Hall–Kier alpha value is -1.02. The zero-order chi connectivity index (χ0) is 15.0. The summed E-state index contributed by atoms with van der Waals surface area (Å²) < 4.78 is 5.41. The molecule has 0 radical (unpaired) electrons. The van der Waals surface area contributed by atoms with Crippen LogP contribution in [-0.4, -0.2) is 19.7 Å². The Morgan fingerprint density at radius 3 is 2.62 bits per heavy atom. The van der Waals surface area contributed by atoms with Gasteiger partial charge in [0.15, 0.2) is 0 Å². The molecule has 1 saturated carbocycles. The summed E-state index contributed by atoms with van der Waals surface area (Å²) in [5.41, 5.74) is 3.58. The van der Waals surface area contributed by atoms with Crippen LogP contribution < -0.4 is 10.1 Å². The van der Waals surface area contributed by atoms with Gasteiger partial charge in [0.25, 0.3) is 0 Å². The van der Waals surface area contributed by atoms with Crippen molar-refractivity contribution in [2.75, 3.05) is 13.7 Å². The van der Waals surface area contributed by atoms with Crippen molar-refractivity contribution in [2.45, 2.75) is 58.4 Å². The molecule has 3 unspecified atom stereocenters. The van der Waals surface area contributed by atoms with Gasteiger partial charge in [-0.15, -0.1) is 0 Å². The first-order valence-corrected chi connectivity index (χ1v) is 8.62. The molecule has 0 aromatic heterocycles. The van der Waals surface area contributed by atoms with Crippen molar-refractivity contribution in [2.24, 2.45) is 11.3 Å². The van der Waals surface area contributed by atoms with Crippen LogP contribution in [0, 0.1) is 11.3 Å². The van der Waals surface area contributed by atoms with Gasteiger partial charge in [0.1, 0.15) is 5.75 Å². The Balaban J connectivity index is 1.99. The molecule has 2 nitrogen and oxygen atoms in total. The molecule has 1 aromatic carbocycles. The normalized spacial score (nSPS) is 29.2. The molecule has 116 valence electrons. The average Bonchev–Trinajstić information content (AvgIpc) is 2.53. The van der Waals surface area contributed by atoms with E-state index in [-0.39, 0.29) is 0 Å². The molecule has 1 fully saturated rings. The lowest BCUT2D eigenvalue weighted by Gasteiger charge is -2.64. The van der Waals surface area contributed by atoms with Crippen molar-refractivity contribution in [3.8, 4) is 5.75 Å². The summed E-state index contributed by atoms with van der Waals surface area (Å²) in [7, 11) is 1.76. The minimum absolute atomic E-state index is 0.449. The smallest absolute Gasteiger partial charge is 0.119 e. The molecule has 21 heavy (non-hydrogen) atoms. The van der Waals surface area contributed by atoms with Gasteiger partial charge in [-0.2, -0.15) is 0 Å². The lowest BCUT2D eigenvalue weighted by Crippen LogP contribution is -2.65. The van der Waals surface area contributed by atoms with E-state index in [9.17, 15) is 0 Å². The molecule has 2 aliphatic carbocycles. The van der Waals surface area contributed by atoms with Crippen LogP contribution in [0.2, 0.25) is 0 Å². The quantitative estimate of drug-likeness (QED) is 0.879. The molecule has 2 aliphatic rings. The predicted octanol–water partition coefficient (Wildman–Crippen LogP) is 4.14. The molecule has 0 bridgehead atoms. The average molecular weight is 287 g/mol. The Morgan fingerprint density at radius 2 is 2.00 bits per heavy atom. The maximum atomic E-state index is 5.41. The number of fused-ring (bicyclic) bond motifs is 3. The molecule has 1 N–H and O–H groups in total. The number of ether oxygens (including phenoxy) is 1. The second-order valence-corrected chi connectivity index (χ2v) is 6.72. The van der Waals surface area contributed by atoms with Crippen molar-refractivity contribution >= 4 is 0 Å². The first kappa shape index (κ1) is 14.9. The fourth-order valence-corrected chi connectivity index (χ4v) is 5.25. The third-order valence-electron chi connectivity index (χ3n) is 6.27. The van der Waals surface area contributed by atoms with Crippen molar-refractivity contribution in [3.63, 3.8) is 0 Å². The Labute approximate surface area is 129 Å². The van der Waals surface area contributed by atoms with Crippen molar-refractivity contribution < 1.29 is 4.74 Å². The molecular formula is C19H29NO. The van der Waals surface area contributed by atoms with Gasteiger partial charge in [-0.25, -0.2) is 0 Å². The van der Waals surface area contributed by atoms with E-state index in [0.29, 0.717) is 11.5 Å². The molecule has 2 heteroatoms. The van der Waals surface area contributed by atoms with E-state index < -0.39 is 0 Å². The van der Waals surface area contributed by atoms with Crippen LogP contribution in [0.25, 0.3) is 0 Å². The van der Waals surface area contributed by atoms with E-state index in [1.807, 2.05) is 0 Å². The number of benzene rings is 1. The van der Waals surface area contributed by atoms with Crippen LogP contribution in [0.4, 0.5) is 0 Å². The summed E-state index contributed by atoms with van der Waals surface area (Å²) in [5.74, 6) is 2.57. The van der Waals surface area contributed by atoms with Gasteiger partial charge in [-0.1, -0.05) is 26.8 Å². The number of nitrogens with one attached hydrogen (secondary N) is 1. The van der Waals surface area contributed by atoms with Crippen molar-refractivity contribution in [3.05, 3.63) is 29.3 Å². The van der Waals surface area contributed by atoms with E-state index in [1.165, 1.54) is 31.2 Å². The van der Waals surface area contributed by atoms with Gasteiger partial charge >= 0.3 is 0 Å². The highest BCUT2D eigenvalue weighted by molar-refractivity contribution is 5.44. The van der Waals surface area contributed by atoms with Crippen LogP contribution in [0.5, 0.6) is 5.75 Å². The zero-order valence-corrected chi connectivity index (χ0v) is 13.9. The largest absolute Gasteiger partial charge is 0.497 e. The highest BCUT2D eigenvalue weighted by Gasteiger charge is 2.60. The summed E-state index contributed by atoms with van der Waals surface area (Å²) in [6.07, 6.45) is 5.07. The maximum absolute atomic E-state index is 5.41. The molecule has 3 atom stereocenters. The highest BCUT2D eigenvalue weighted by Crippen LogP contribution is 2.64. The highest BCUT2D eigenvalue weighted by atomic mass is 16.5. The van der Waals surface area contributed by atoms with Crippen molar-refractivity contribution in [1.29, 1.82) is 0 Å². The van der Waals surface area contributed by atoms with Crippen molar-refractivity contribution in [1.82, 2.24) is 5.32 Å². The third-order valence-corrected chi connectivity index (χ3v) is 6.27.